The third-order valence-electron chi connectivity index (χ3n) is 3.05. The van der Waals surface area contributed by atoms with Gasteiger partial charge in [-0.1, -0.05) is 30.3 Å². The van der Waals surface area contributed by atoms with Crippen LogP contribution < -0.4 is 0 Å². The molecule has 3 rings (SSSR count). The van der Waals surface area contributed by atoms with Crippen molar-refractivity contribution in [3.63, 3.8) is 0 Å². The summed E-state index contributed by atoms with van der Waals surface area (Å²) in [5.74, 6) is 0.784. The molecule has 5 heteroatoms. The lowest BCUT2D eigenvalue weighted by Gasteiger charge is -2.03. The number of hydrogen-bond donors (Lipinski definition) is 0. The molecule has 0 amide bonds. The van der Waals surface area contributed by atoms with E-state index >= 15 is 0 Å². The van der Waals surface area contributed by atoms with Crippen LogP contribution in [0, 0.1) is 0 Å². The minimum Gasteiger partial charge on any atom is -0.337 e. The molecule has 0 aliphatic rings. The molecule has 0 saturated heterocycles. The molecule has 1 aromatic carbocycles. The first kappa shape index (κ1) is 12.5. The van der Waals surface area contributed by atoms with Gasteiger partial charge in [0.15, 0.2) is 5.82 Å². The summed E-state index contributed by atoms with van der Waals surface area (Å²) in [5, 5.41) is 8.14. The Hall–Kier alpha value is -2.56. The maximum absolute atomic E-state index is 4.56. The first-order valence-corrected chi connectivity index (χ1v) is 6.61. The topological polar surface area (TPSA) is 56.5 Å². The SMILES string of the molecule is c1ccc(-c2cnnc(CCCn3ccnc3)n2)cc1. The Morgan fingerprint density at radius 2 is 2.00 bits per heavy atom. The van der Waals surface area contributed by atoms with Crippen LogP contribution in [-0.4, -0.2) is 24.7 Å². The largest absolute Gasteiger partial charge is 0.337 e. The molecule has 0 atom stereocenters. The highest BCUT2D eigenvalue weighted by Crippen LogP contribution is 2.14. The quantitative estimate of drug-likeness (QED) is 0.710. The Labute approximate surface area is 117 Å². The molecular formula is C15H15N5. The monoisotopic (exact) mass is 265 g/mol. The molecule has 0 aliphatic heterocycles. The Morgan fingerprint density at radius 3 is 2.80 bits per heavy atom. The highest BCUT2D eigenvalue weighted by Gasteiger charge is 2.03. The van der Waals surface area contributed by atoms with Gasteiger partial charge in [-0.05, 0) is 6.42 Å². The van der Waals surface area contributed by atoms with Gasteiger partial charge in [0.2, 0.25) is 0 Å². The van der Waals surface area contributed by atoms with Crippen LogP contribution in [-0.2, 0) is 13.0 Å². The van der Waals surface area contributed by atoms with Gasteiger partial charge in [0.25, 0.3) is 0 Å². The molecule has 0 aliphatic carbocycles. The van der Waals surface area contributed by atoms with Gasteiger partial charge in [-0.25, -0.2) is 9.97 Å². The van der Waals surface area contributed by atoms with E-state index in [2.05, 4.69) is 24.7 Å². The molecule has 0 radical (unpaired) electrons. The summed E-state index contributed by atoms with van der Waals surface area (Å²) in [5.41, 5.74) is 1.94. The lowest BCUT2D eigenvalue weighted by molar-refractivity contribution is 0.623. The van der Waals surface area contributed by atoms with Crippen molar-refractivity contribution in [1.82, 2.24) is 24.7 Å². The Bertz CT molecular complexity index is 649. The molecule has 0 spiro atoms. The van der Waals surface area contributed by atoms with Crippen molar-refractivity contribution in [2.24, 2.45) is 0 Å². The van der Waals surface area contributed by atoms with E-state index in [1.807, 2.05) is 42.9 Å². The normalized spacial score (nSPS) is 10.6. The third kappa shape index (κ3) is 3.06. The molecule has 0 unspecified atom stereocenters. The predicted molar refractivity (Wildman–Crippen MR) is 75.8 cm³/mol. The Kier molecular flexibility index (Phi) is 3.78. The van der Waals surface area contributed by atoms with Crippen molar-refractivity contribution >= 4 is 0 Å². The van der Waals surface area contributed by atoms with E-state index in [0.717, 1.165) is 36.5 Å². The van der Waals surface area contributed by atoms with E-state index in [1.165, 1.54) is 0 Å². The van der Waals surface area contributed by atoms with Crippen molar-refractivity contribution in [3.8, 4) is 11.3 Å². The molecule has 2 heterocycles. The Morgan fingerprint density at radius 1 is 1.10 bits per heavy atom. The first-order chi connectivity index (χ1) is 9.92. The van der Waals surface area contributed by atoms with Gasteiger partial charge < -0.3 is 4.57 Å². The summed E-state index contributed by atoms with van der Waals surface area (Å²) in [7, 11) is 0. The van der Waals surface area contributed by atoms with Crippen LogP contribution in [0.5, 0.6) is 0 Å². The van der Waals surface area contributed by atoms with Gasteiger partial charge in [-0.15, -0.1) is 5.10 Å². The molecule has 2 aromatic heterocycles. The summed E-state index contributed by atoms with van der Waals surface area (Å²) < 4.78 is 2.05. The fraction of sp³-hybridized carbons (Fsp3) is 0.200. The minimum atomic E-state index is 0.784. The zero-order valence-electron chi connectivity index (χ0n) is 11.1. The summed E-state index contributed by atoms with van der Waals surface area (Å²) in [4.78, 5) is 8.58. The van der Waals surface area contributed by atoms with E-state index in [0.29, 0.717) is 0 Å². The van der Waals surface area contributed by atoms with E-state index in [1.54, 1.807) is 12.4 Å². The van der Waals surface area contributed by atoms with Crippen molar-refractivity contribution in [1.29, 1.82) is 0 Å². The second kappa shape index (κ2) is 6.06. The number of rotatable bonds is 5. The molecule has 3 aromatic rings. The van der Waals surface area contributed by atoms with E-state index in [4.69, 9.17) is 0 Å². The van der Waals surface area contributed by atoms with Gasteiger partial charge in [0.1, 0.15) is 0 Å². The number of imidazole rings is 1. The van der Waals surface area contributed by atoms with Crippen LogP contribution >= 0.6 is 0 Å². The lowest BCUT2D eigenvalue weighted by atomic mass is 10.2. The Balaban J connectivity index is 1.66. The predicted octanol–water partition coefficient (Wildman–Crippen LogP) is 2.37. The molecular weight excluding hydrogens is 250 g/mol. The number of benzene rings is 1. The molecule has 20 heavy (non-hydrogen) atoms. The zero-order valence-corrected chi connectivity index (χ0v) is 11.1. The van der Waals surface area contributed by atoms with Crippen molar-refractivity contribution in [2.45, 2.75) is 19.4 Å². The van der Waals surface area contributed by atoms with E-state index in [9.17, 15) is 0 Å². The summed E-state index contributed by atoms with van der Waals surface area (Å²) in [6, 6.07) is 10.0. The highest BCUT2D eigenvalue weighted by molar-refractivity contribution is 5.57. The zero-order chi connectivity index (χ0) is 13.6. The lowest BCUT2D eigenvalue weighted by Crippen LogP contribution is -2.02. The average molecular weight is 265 g/mol. The van der Waals surface area contributed by atoms with Gasteiger partial charge in [0, 0.05) is 30.9 Å². The second-order valence-corrected chi connectivity index (χ2v) is 4.53. The van der Waals surface area contributed by atoms with Gasteiger partial charge >= 0.3 is 0 Å². The number of aromatic nitrogens is 5. The molecule has 0 N–H and O–H groups in total. The van der Waals surface area contributed by atoms with Crippen LogP contribution in [0.4, 0.5) is 0 Å². The van der Waals surface area contributed by atoms with Crippen LogP contribution in [0.3, 0.4) is 0 Å². The third-order valence-corrected chi connectivity index (χ3v) is 3.05. The summed E-state index contributed by atoms with van der Waals surface area (Å²) in [6.07, 6.45) is 9.05. The minimum absolute atomic E-state index is 0.784. The number of hydrogen-bond acceptors (Lipinski definition) is 4. The van der Waals surface area contributed by atoms with Crippen molar-refractivity contribution in [2.75, 3.05) is 0 Å². The van der Waals surface area contributed by atoms with Gasteiger partial charge in [-0.3, -0.25) is 0 Å². The van der Waals surface area contributed by atoms with Crippen molar-refractivity contribution < 1.29 is 0 Å². The highest BCUT2D eigenvalue weighted by atomic mass is 15.1. The molecule has 100 valence electrons. The average Bonchev–Trinajstić information content (AvgIpc) is 3.02. The molecule has 0 fully saturated rings. The van der Waals surface area contributed by atoms with Crippen LogP contribution in [0.25, 0.3) is 11.3 Å². The fourth-order valence-corrected chi connectivity index (χ4v) is 2.03. The van der Waals surface area contributed by atoms with Crippen LogP contribution in [0.15, 0.2) is 55.2 Å². The standard InChI is InChI=1S/C15H15N5/c1-2-5-13(6-3-1)14-11-17-19-15(18-14)7-4-9-20-10-8-16-12-20/h1-3,5-6,8,10-12H,4,7,9H2. The van der Waals surface area contributed by atoms with Gasteiger partial charge in [-0.2, -0.15) is 5.10 Å². The summed E-state index contributed by atoms with van der Waals surface area (Å²) >= 11 is 0. The van der Waals surface area contributed by atoms with E-state index in [-0.39, 0.29) is 0 Å². The van der Waals surface area contributed by atoms with Gasteiger partial charge in [0.05, 0.1) is 18.2 Å². The van der Waals surface area contributed by atoms with Crippen molar-refractivity contribution in [3.05, 3.63) is 61.1 Å². The van der Waals surface area contributed by atoms with Crippen LogP contribution in [0.1, 0.15) is 12.2 Å². The maximum atomic E-state index is 4.56. The fourth-order valence-electron chi connectivity index (χ4n) is 2.03. The molecule has 5 nitrogen and oxygen atoms in total. The molecule has 0 saturated carbocycles. The summed E-state index contributed by atoms with van der Waals surface area (Å²) in [6.45, 7) is 0.916. The van der Waals surface area contributed by atoms with Crippen LogP contribution in [0.2, 0.25) is 0 Å². The number of aryl methyl sites for hydroxylation is 2. The smallest absolute Gasteiger partial charge is 0.151 e. The molecule has 0 bridgehead atoms. The second-order valence-electron chi connectivity index (χ2n) is 4.53. The number of nitrogens with zero attached hydrogens (tertiary/aromatic N) is 5. The first-order valence-electron chi connectivity index (χ1n) is 6.61. The van der Waals surface area contributed by atoms with E-state index < -0.39 is 0 Å². The maximum Gasteiger partial charge on any atom is 0.151 e.